The van der Waals surface area contributed by atoms with Crippen molar-refractivity contribution in [2.45, 2.75) is 13.5 Å². The van der Waals surface area contributed by atoms with Crippen LogP contribution in [0.4, 0.5) is 18.9 Å². The number of hydrogen-bond acceptors (Lipinski definition) is 1. The summed E-state index contributed by atoms with van der Waals surface area (Å²) in [5.41, 5.74) is 1.61. The van der Waals surface area contributed by atoms with Crippen LogP contribution >= 0.6 is 23.2 Å². The summed E-state index contributed by atoms with van der Waals surface area (Å²) < 4.78 is 39.0. The third-order valence-corrected chi connectivity index (χ3v) is 3.49. The standard InChI is InChI=1S/C14H10Cl2F3N/c1-7-2-10(16)13(5-9(7)15)20-6-8-3-11(17)14(19)12(18)4-8/h2-5,20H,6H2,1H3. The Labute approximate surface area is 124 Å². The van der Waals surface area contributed by atoms with Crippen LogP contribution in [0.15, 0.2) is 24.3 Å². The Hall–Kier alpha value is -1.39. The van der Waals surface area contributed by atoms with Crippen molar-refractivity contribution in [3.05, 3.63) is 62.9 Å². The number of aryl methyl sites for hydroxylation is 1. The van der Waals surface area contributed by atoms with Crippen LogP contribution in [0.3, 0.4) is 0 Å². The highest BCUT2D eigenvalue weighted by Crippen LogP contribution is 2.29. The maximum Gasteiger partial charge on any atom is 0.194 e. The molecule has 6 heteroatoms. The first kappa shape index (κ1) is 15.0. The van der Waals surface area contributed by atoms with Gasteiger partial charge < -0.3 is 5.32 Å². The molecular weight excluding hydrogens is 310 g/mol. The fourth-order valence-electron chi connectivity index (χ4n) is 1.69. The molecule has 0 aliphatic rings. The minimum absolute atomic E-state index is 0.0905. The molecule has 20 heavy (non-hydrogen) atoms. The SMILES string of the molecule is Cc1cc(Cl)c(NCc2cc(F)c(F)c(F)c2)cc1Cl. The monoisotopic (exact) mass is 319 g/mol. The summed E-state index contributed by atoms with van der Waals surface area (Å²) in [5, 5.41) is 3.86. The second kappa shape index (κ2) is 5.94. The quantitative estimate of drug-likeness (QED) is 0.754. The maximum atomic E-state index is 13.1. The zero-order valence-electron chi connectivity index (χ0n) is 10.4. The predicted octanol–water partition coefficient (Wildman–Crippen LogP) is 5.33. The highest BCUT2D eigenvalue weighted by molar-refractivity contribution is 6.35. The van der Waals surface area contributed by atoms with Crippen LogP contribution in [0.2, 0.25) is 10.0 Å². The molecular formula is C14H10Cl2F3N. The second-order valence-electron chi connectivity index (χ2n) is 4.31. The highest BCUT2D eigenvalue weighted by Gasteiger charge is 2.11. The molecule has 0 spiro atoms. The molecule has 1 nitrogen and oxygen atoms in total. The van der Waals surface area contributed by atoms with Gasteiger partial charge in [-0.2, -0.15) is 0 Å². The lowest BCUT2D eigenvalue weighted by Crippen LogP contribution is -2.03. The summed E-state index contributed by atoms with van der Waals surface area (Å²) in [7, 11) is 0. The lowest BCUT2D eigenvalue weighted by Gasteiger charge is -2.11. The number of anilines is 1. The van der Waals surface area contributed by atoms with Crippen molar-refractivity contribution in [2.75, 3.05) is 5.32 Å². The Bertz CT molecular complexity index is 636. The fourth-order valence-corrected chi connectivity index (χ4v) is 2.14. The molecule has 0 saturated heterocycles. The second-order valence-corrected chi connectivity index (χ2v) is 5.12. The van der Waals surface area contributed by atoms with Gasteiger partial charge in [0.2, 0.25) is 0 Å². The van der Waals surface area contributed by atoms with Gasteiger partial charge in [0.1, 0.15) is 0 Å². The molecule has 0 unspecified atom stereocenters. The Balaban J connectivity index is 2.19. The normalized spacial score (nSPS) is 10.7. The van der Waals surface area contributed by atoms with E-state index < -0.39 is 17.5 Å². The summed E-state index contributed by atoms with van der Waals surface area (Å²) in [6.07, 6.45) is 0. The predicted molar refractivity (Wildman–Crippen MR) is 74.8 cm³/mol. The molecule has 2 aromatic carbocycles. The van der Waals surface area contributed by atoms with Gasteiger partial charge in [-0.05, 0) is 42.3 Å². The zero-order valence-corrected chi connectivity index (χ0v) is 11.9. The Morgan fingerprint density at radius 1 is 0.950 bits per heavy atom. The van der Waals surface area contributed by atoms with Crippen molar-refractivity contribution in [3.8, 4) is 0 Å². The van der Waals surface area contributed by atoms with Gasteiger partial charge in [-0.25, -0.2) is 13.2 Å². The van der Waals surface area contributed by atoms with Crippen molar-refractivity contribution in [1.82, 2.24) is 0 Å². The third kappa shape index (κ3) is 3.19. The van der Waals surface area contributed by atoms with Crippen LogP contribution in [0, 0.1) is 24.4 Å². The molecule has 0 heterocycles. The molecule has 0 aliphatic heterocycles. The molecule has 2 aromatic rings. The van der Waals surface area contributed by atoms with Crippen LogP contribution in [-0.2, 0) is 6.54 Å². The first-order valence-corrected chi connectivity index (χ1v) is 6.47. The topological polar surface area (TPSA) is 12.0 Å². The van der Waals surface area contributed by atoms with Gasteiger partial charge in [-0.15, -0.1) is 0 Å². The molecule has 0 atom stereocenters. The van der Waals surface area contributed by atoms with Gasteiger partial charge in [-0.1, -0.05) is 23.2 Å². The Morgan fingerprint density at radius 3 is 2.15 bits per heavy atom. The first-order valence-electron chi connectivity index (χ1n) is 5.71. The van der Waals surface area contributed by atoms with E-state index in [0.29, 0.717) is 15.7 Å². The molecule has 0 fully saturated rings. The van der Waals surface area contributed by atoms with Crippen LogP contribution in [-0.4, -0.2) is 0 Å². The summed E-state index contributed by atoms with van der Waals surface area (Å²) in [6, 6.07) is 5.15. The zero-order chi connectivity index (χ0) is 14.9. The van der Waals surface area contributed by atoms with E-state index in [9.17, 15) is 13.2 Å². The minimum Gasteiger partial charge on any atom is -0.380 e. The van der Waals surface area contributed by atoms with E-state index >= 15 is 0 Å². The smallest absolute Gasteiger partial charge is 0.194 e. The van der Waals surface area contributed by atoms with Gasteiger partial charge in [0.05, 0.1) is 10.7 Å². The highest BCUT2D eigenvalue weighted by atomic mass is 35.5. The van der Waals surface area contributed by atoms with Gasteiger partial charge in [0.25, 0.3) is 0 Å². The van der Waals surface area contributed by atoms with Crippen LogP contribution in [0.5, 0.6) is 0 Å². The lowest BCUT2D eigenvalue weighted by molar-refractivity contribution is 0.445. The lowest BCUT2D eigenvalue weighted by atomic mass is 10.2. The average Bonchev–Trinajstić information content (AvgIpc) is 2.38. The van der Waals surface area contributed by atoms with E-state index in [2.05, 4.69) is 5.32 Å². The molecule has 0 amide bonds. The van der Waals surface area contributed by atoms with Crippen LogP contribution in [0.1, 0.15) is 11.1 Å². The number of benzene rings is 2. The number of rotatable bonds is 3. The van der Waals surface area contributed by atoms with E-state index in [1.54, 1.807) is 12.1 Å². The molecule has 106 valence electrons. The van der Waals surface area contributed by atoms with Gasteiger partial charge in [-0.3, -0.25) is 0 Å². The molecule has 0 aromatic heterocycles. The van der Waals surface area contributed by atoms with E-state index in [0.717, 1.165) is 17.7 Å². The van der Waals surface area contributed by atoms with Crippen molar-refractivity contribution in [1.29, 1.82) is 0 Å². The van der Waals surface area contributed by atoms with Gasteiger partial charge in [0, 0.05) is 11.6 Å². The van der Waals surface area contributed by atoms with Crippen molar-refractivity contribution in [3.63, 3.8) is 0 Å². The molecule has 2 rings (SSSR count). The largest absolute Gasteiger partial charge is 0.380 e. The summed E-state index contributed by atoms with van der Waals surface area (Å²) >= 11 is 12.0. The average molecular weight is 320 g/mol. The van der Waals surface area contributed by atoms with Crippen molar-refractivity contribution >= 4 is 28.9 Å². The molecule has 0 aliphatic carbocycles. The van der Waals surface area contributed by atoms with Gasteiger partial charge in [0.15, 0.2) is 17.5 Å². The van der Waals surface area contributed by atoms with E-state index in [-0.39, 0.29) is 12.1 Å². The van der Waals surface area contributed by atoms with E-state index in [1.165, 1.54) is 0 Å². The van der Waals surface area contributed by atoms with Crippen molar-refractivity contribution < 1.29 is 13.2 Å². The fraction of sp³-hybridized carbons (Fsp3) is 0.143. The summed E-state index contributed by atoms with van der Waals surface area (Å²) in [6.45, 7) is 1.90. The van der Waals surface area contributed by atoms with Crippen molar-refractivity contribution in [2.24, 2.45) is 0 Å². The summed E-state index contributed by atoms with van der Waals surface area (Å²) in [5.74, 6) is -3.94. The number of hydrogen-bond donors (Lipinski definition) is 1. The number of halogens is 5. The summed E-state index contributed by atoms with van der Waals surface area (Å²) in [4.78, 5) is 0. The first-order chi connectivity index (χ1) is 9.38. The number of nitrogens with one attached hydrogen (secondary N) is 1. The molecule has 0 bridgehead atoms. The van der Waals surface area contributed by atoms with E-state index in [1.807, 2.05) is 6.92 Å². The Morgan fingerprint density at radius 2 is 1.55 bits per heavy atom. The Kier molecular flexibility index (Phi) is 4.45. The maximum absolute atomic E-state index is 13.1. The van der Waals surface area contributed by atoms with Crippen LogP contribution < -0.4 is 5.32 Å². The van der Waals surface area contributed by atoms with Gasteiger partial charge >= 0.3 is 0 Å². The molecule has 0 saturated carbocycles. The third-order valence-electron chi connectivity index (χ3n) is 2.77. The minimum atomic E-state index is -1.48. The molecule has 1 N–H and O–H groups in total. The molecule has 0 radical (unpaired) electrons. The van der Waals surface area contributed by atoms with Crippen LogP contribution in [0.25, 0.3) is 0 Å². The van der Waals surface area contributed by atoms with E-state index in [4.69, 9.17) is 23.2 Å².